The van der Waals surface area contributed by atoms with Gasteiger partial charge in [0.05, 0.1) is 6.04 Å². The number of H-pyrrole nitrogens is 1. The van der Waals surface area contributed by atoms with Crippen LogP contribution >= 0.6 is 0 Å². The minimum atomic E-state index is -0.140. The maximum absolute atomic E-state index is 12.7. The fraction of sp³-hybridized carbons (Fsp3) is 0.368. The molecule has 2 N–H and O–H groups in total. The van der Waals surface area contributed by atoms with Gasteiger partial charge in [0.1, 0.15) is 5.69 Å². The van der Waals surface area contributed by atoms with E-state index in [0.717, 1.165) is 29.7 Å². The van der Waals surface area contributed by atoms with Crippen LogP contribution in [-0.4, -0.2) is 16.7 Å². The number of aromatic nitrogens is 1. The molecule has 0 saturated heterocycles. The van der Waals surface area contributed by atoms with Crippen molar-refractivity contribution < 1.29 is 9.59 Å². The highest BCUT2D eigenvalue weighted by Crippen LogP contribution is 2.41. The summed E-state index contributed by atoms with van der Waals surface area (Å²) in [5.74, 6) is 0.348. The van der Waals surface area contributed by atoms with Gasteiger partial charge in [0.25, 0.3) is 5.91 Å². The van der Waals surface area contributed by atoms with E-state index in [9.17, 15) is 9.59 Å². The third kappa shape index (κ3) is 3.07. The van der Waals surface area contributed by atoms with E-state index in [4.69, 9.17) is 0 Å². The lowest BCUT2D eigenvalue weighted by Gasteiger charge is -2.18. The fourth-order valence-corrected chi connectivity index (χ4v) is 3.28. The molecule has 1 fully saturated rings. The normalized spacial score (nSPS) is 15.3. The summed E-state index contributed by atoms with van der Waals surface area (Å²) in [6.45, 7) is 5.18. The van der Waals surface area contributed by atoms with Crippen molar-refractivity contribution in [2.45, 2.75) is 39.7 Å². The van der Waals surface area contributed by atoms with Crippen molar-refractivity contribution in [3.63, 3.8) is 0 Å². The lowest BCUT2D eigenvalue weighted by Crippen LogP contribution is -2.30. The lowest BCUT2D eigenvalue weighted by molar-refractivity contribution is 0.0926. The molecule has 1 aromatic carbocycles. The van der Waals surface area contributed by atoms with Gasteiger partial charge in [0.2, 0.25) is 0 Å². The molecule has 0 spiro atoms. The van der Waals surface area contributed by atoms with Crippen LogP contribution in [0.3, 0.4) is 0 Å². The van der Waals surface area contributed by atoms with Crippen molar-refractivity contribution in [1.82, 2.24) is 10.3 Å². The maximum atomic E-state index is 12.7. The molecule has 0 unspecified atom stereocenters. The summed E-state index contributed by atoms with van der Waals surface area (Å²) in [6, 6.07) is 10.1. The first-order valence-corrected chi connectivity index (χ1v) is 8.05. The number of hydrogen-bond donors (Lipinski definition) is 2. The Hall–Kier alpha value is -2.36. The highest BCUT2D eigenvalue weighted by Gasteiger charge is 2.34. The van der Waals surface area contributed by atoms with E-state index in [-0.39, 0.29) is 17.7 Å². The molecule has 1 heterocycles. The second kappa shape index (κ2) is 6.03. The number of amides is 1. The van der Waals surface area contributed by atoms with Crippen molar-refractivity contribution in [2.75, 3.05) is 0 Å². The number of nitrogens with one attached hydrogen (secondary N) is 2. The van der Waals surface area contributed by atoms with Crippen LogP contribution in [0.25, 0.3) is 0 Å². The molecule has 0 aliphatic heterocycles. The standard InChI is InChI=1S/C19H22N2O2/c1-11-16(13(3)22)12(2)20-17(11)19(23)21-18(15-9-10-15)14-7-5-4-6-8-14/h4-8,15,18,20H,9-10H2,1-3H3,(H,21,23)/t18-/m0/s1. The molecule has 1 atom stereocenters. The molecule has 120 valence electrons. The Morgan fingerprint density at radius 1 is 1.17 bits per heavy atom. The SMILES string of the molecule is CC(=O)c1c(C)[nH]c(C(=O)N[C@@H](c2ccccc2)C2CC2)c1C. The molecule has 2 aromatic rings. The van der Waals surface area contributed by atoms with Crippen molar-refractivity contribution in [3.8, 4) is 0 Å². The Kier molecular flexibility index (Phi) is 4.07. The van der Waals surface area contributed by atoms with Crippen LogP contribution in [-0.2, 0) is 0 Å². The van der Waals surface area contributed by atoms with Gasteiger partial charge in [-0.2, -0.15) is 0 Å². The van der Waals surface area contributed by atoms with Gasteiger partial charge < -0.3 is 10.3 Å². The number of rotatable bonds is 5. The Morgan fingerprint density at radius 2 is 1.83 bits per heavy atom. The predicted molar refractivity (Wildman–Crippen MR) is 89.6 cm³/mol. The van der Waals surface area contributed by atoms with Gasteiger partial charge in [-0.05, 0) is 50.7 Å². The van der Waals surface area contributed by atoms with Crippen LogP contribution in [0.15, 0.2) is 30.3 Å². The number of hydrogen-bond acceptors (Lipinski definition) is 2. The van der Waals surface area contributed by atoms with Gasteiger partial charge >= 0.3 is 0 Å². The number of aromatic amines is 1. The molecule has 0 radical (unpaired) electrons. The molecule has 1 aliphatic carbocycles. The van der Waals surface area contributed by atoms with Gasteiger partial charge in [-0.15, -0.1) is 0 Å². The van der Waals surface area contributed by atoms with Crippen LogP contribution in [0.2, 0.25) is 0 Å². The summed E-state index contributed by atoms with van der Waals surface area (Å²) >= 11 is 0. The summed E-state index contributed by atoms with van der Waals surface area (Å²) in [6.07, 6.45) is 2.28. The van der Waals surface area contributed by atoms with Crippen molar-refractivity contribution >= 4 is 11.7 Å². The average molecular weight is 310 g/mol. The third-order valence-electron chi connectivity index (χ3n) is 4.56. The van der Waals surface area contributed by atoms with Gasteiger partial charge in [-0.25, -0.2) is 0 Å². The number of Topliss-reactive ketones (excluding diaryl/α,β-unsaturated/α-hetero) is 1. The minimum absolute atomic E-state index is 0.0166. The summed E-state index contributed by atoms with van der Waals surface area (Å²) in [4.78, 5) is 27.5. The van der Waals surface area contributed by atoms with E-state index in [1.807, 2.05) is 32.0 Å². The molecule has 23 heavy (non-hydrogen) atoms. The minimum Gasteiger partial charge on any atom is -0.354 e. The highest BCUT2D eigenvalue weighted by molar-refractivity contribution is 6.02. The van der Waals surface area contributed by atoms with Gasteiger partial charge in [0.15, 0.2) is 5.78 Å². The molecule has 1 saturated carbocycles. The van der Waals surface area contributed by atoms with Crippen LogP contribution < -0.4 is 5.32 Å². The Balaban J connectivity index is 1.86. The zero-order valence-electron chi connectivity index (χ0n) is 13.8. The van der Waals surface area contributed by atoms with Crippen molar-refractivity contribution in [2.24, 2.45) is 5.92 Å². The second-order valence-corrected chi connectivity index (χ2v) is 6.38. The Morgan fingerprint density at radius 3 is 2.35 bits per heavy atom. The topological polar surface area (TPSA) is 62.0 Å². The molecule has 1 amide bonds. The van der Waals surface area contributed by atoms with E-state index in [1.165, 1.54) is 6.92 Å². The predicted octanol–water partition coefficient (Wildman–Crippen LogP) is 3.72. The van der Waals surface area contributed by atoms with Crippen LogP contribution in [0.1, 0.15) is 63.5 Å². The lowest BCUT2D eigenvalue weighted by atomic mass is 10.0. The van der Waals surface area contributed by atoms with E-state index in [2.05, 4.69) is 22.4 Å². The maximum Gasteiger partial charge on any atom is 0.268 e. The van der Waals surface area contributed by atoms with Gasteiger partial charge in [-0.3, -0.25) is 9.59 Å². The molecule has 1 aliphatic rings. The molecule has 1 aromatic heterocycles. The number of benzene rings is 1. The first kappa shape index (κ1) is 15.5. The summed E-state index contributed by atoms with van der Waals surface area (Å²) in [5.41, 5.74) is 3.74. The van der Waals surface area contributed by atoms with E-state index in [1.54, 1.807) is 0 Å². The van der Waals surface area contributed by atoms with Crippen molar-refractivity contribution in [1.29, 1.82) is 0 Å². The van der Waals surface area contributed by atoms with Crippen LogP contribution in [0, 0.1) is 19.8 Å². The first-order chi connectivity index (χ1) is 11.0. The van der Waals surface area contributed by atoms with E-state index >= 15 is 0 Å². The highest BCUT2D eigenvalue weighted by atomic mass is 16.2. The zero-order valence-corrected chi connectivity index (χ0v) is 13.8. The number of aryl methyl sites for hydroxylation is 1. The Labute approximate surface area is 136 Å². The fourth-order valence-electron chi connectivity index (χ4n) is 3.28. The molecular weight excluding hydrogens is 288 g/mol. The third-order valence-corrected chi connectivity index (χ3v) is 4.56. The summed E-state index contributed by atoms with van der Waals surface area (Å²) in [5, 5.41) is 3.15. The molecular formula is C19H22N2O2. The monoisotopic (exact) mass is 310 g/mol. The zero-order chi connectivity index (χ0) is 16.6. The number of carbonyl (C=O) groups excluding carboxylic acids is 2. The average Bonchev–Trinajstić information content (AvgIpc) is 3.30. The smallest absolute Gasteiger partial charge is 0.268 e. The summed E-state index contributed by atoms with van der Waals surface area (Å²) < 4.78 is 0. The number of ketones is 1. The van der Waals surface area contributed by atoms with E-state index in [0.29, 0.717) is 17.2 Å². The Bertz CT molecular complexity index is 742. The molecule has 4 nitrogen and oxygen atoms in total. The van der Waals surface area contributed by atoms with Crippen LogP contribution in [0.4, 0.5) is 0 Å². The first-order valence-electron chi connectivity index (χ1n) is 8.05. The number of carbonyl (C=O) groups is 2. The van der Waals surface area contributed by atoms with Crippen LogP contribution in [0.5, 0.6) is 0 Å². The molecule has 0 bridgehead atoms. The second-order valence-electron chi connectivity index (χ2n) is 6.38. The van der Waals surface area contributed by atoms with Gasteiger partial charge in [0, 0.05) is 11.3 Å². The van der Waals surface area contributed by atoms with Crippen molar-refractivity contribution in [3.05, 3.63) is 58.4 Å². The van der Waals surface area contributed by atoms with Gasteiger partial charge in [-0.1, -0.05) is 30.3 Å². The molecule has 4 heteroatoms. The quantitative estimate of drug-likeness (QED) is 0.827. The molecule has 3 rings (SSSR count). The van der Waals surface area contributed by atoms with E-state index < -0.39 is 0 Å². The largest absolute Gasteiger partial charge is 0.354 e. The summed E-state index contributed by atoms with van der Waals surface area (Å²) in [7, 11) is 0.